The van der Waals surface area contributed by atoms with E-state index in [1.54, 1.807) is 11.0 Å². The maximum atomic E-state index is 12.3. The first kappa shape index (κ1) is 16.0. The van der Waals surface area contributed by atoms with Crippen LogP contribution in [0.15, 0.2) is 22.7 Å². The fourth-order valence-corrected chi connectivity index (χ4v) is 3.39. The minimum atomic E-state index is -0.554. The van der Waals surface area contributed by atoms with Crippen molar-refractivity contribution >= 4 is 33.4 Å². The molecule has 0 bridgehead atoms. The van der Waals surface area contributed by atoms with Crippen LogP contribution in [0.4, 0.5) is 5.69 Å². The lowest BCUT2D eigenvalue weighted by molar-refractivity contribution is -0.144. The summed E-state index contributed by atoms with van der Waals surface area (Å²) in [5.41, 5.74) is 1.60. The van der Waals surface area contributed by atoms with Crippen molar-refractivity contribution in [2.75, 3.05) is 18.4 Å². The second-order valence-electron chi connectivity index (χ2n) is 6.07. The van der Waals surface area contributed by atoms with Gasteiger partial charge in [-0.25, -0.2) is 0 Å². The van der Waals surface area contributed by atoms with Crippen molar-refractivity contribution in [3.05, 3.63) is 28.2 Å². The molecule has 1 fully saturated rings. The van der Waals surface area contributed by atoms with Gasteiger partial charge in [-0.05, 0) is 48.9 Å². The summed E-state index contributed by atoms with van der Waals surface area (Å²) in [5, 5.41) is 2.71. The summed E-state index contributed by atoms with van der Waals surface area (Å²) in [6.07, 6.45) is 1.11. The molecule has 0 radical (unpaired) electrons. The van der Waals surface area contributed by atoms with Gasteiger partial charge in [-0.1, -0.05) is 29.8 Å². The Kier molecular flexibility index (Phi) is 5.04. The van der Waals surface area contributed by atoms with Crippen LogP contribution in [0, 0.1) is 18.8 Å². The van der Waals surface area contributed by atoms with Gasteiger partial charge in [-0.15, -0.1) is 0 Å². The highest BCUT2D eigenvalue weighted by Gasteiger charge is 2.29. The number of piperidine rings is 1. The zero-order valence-electron chi connectivity index (χ0n) is 12.6. The number of hydrogen-bond donors (Lipinski definition) is 1. The Morgan fingerprint density at radius 2 is 1.86 bits per heavy atom. The summed E-state index contributed by atoms with van der Waals surface area (Å²) in [6.45, 7) is 7.46. The van der Waals surface area contributed by atoms with Crippen molar-refractivity contribution in [1.82, 2.24) is 4.90 Å². The molecule has 1 aromatic carbocycles. The monoisotopic (exact) mass is 352 g/mol. The summed E-state index contributed by atoms with van der Waals surface area (Å²) in [6, 6.07) is 5.55. The zero-order valence-corrected chi connectivity index (χ0v) is 14.2. The van der Waals surface area contributed by atoms with Crippen LogP contribution >= 0.6 is 15.9 Å². The van der Waals surface area contributed by atoms with E-state index in [0.29, 0.717) is 30.6 Å². The number of nitrogens with zero attached hydrogens (tertiary/aromatic N) is 1. The molecule has 0 saturated carbocycles. The Bertz CT molecular complexity index is 549. The molecule has 1 aromatic rings. The lowest BCUT2D eigenvalue weighted by Crippen LogP contribution is -2.47. The highest BCUT2D eigenvalue weighted by molar-refractivity contribution is 9.10. The van der Waals surface area contributed by atoms with Gasteiger partial charge in [0.05, 0.1) is 0 Å². The molecule has 0 spiro atoms. The molecule has 0 aliphatic carbocycles. The standard InChI is InChI=1S/C16H21BrN2O2/c1-10-6-11(2)9-19(8-10)16(21)15(20)18-14-5-4-13(17)7-12(14)3/h4-5,7,10-11H,6,8-9H2,1-3H3,(H,18,20). The second kappa shape index (κ2) is 6.60. The Balaban J connectivity index is 2.04. The minimum absolute atomic E-state index is 0.435. The van der Waals surface area contributed by atoms with Crippen molar-refractivity contribution in [2.24, 2.45) is 11.8 Å². The number of halogens is 1. The number of carbonyl (C=O) groups is 2. The van der Waals surface area contributed by atoms with Crippen molar-refractivity contribution in [3.8, 4) is 0 Å². The van der Waals surface area contributed by atoms with E-state index in [4.69, 9.17) is 0 Å². The molecule has 1 saturated heterocycles. The molecule has 0 aromatic heterocycles. The van der Waals surface area contributed by atoms with Crippen molar-refractivity contribution in [1.29, 1.82) is 0 Å². The number of carbonyl (C=O) groups excluding carboxylic acids is 2. The number of anilines is 1. The van der Waals surface area contributed by atoms with Gasteiger partial charge >= 0.3 is 11.8 Å². The third-order valence-electron chi connectivity index (χ3n) is 3.79. The molecule has 5 heteroatoms. The molecule has 2 amide bonds. The van der Waals surface area contributed by atoms with Gasteiger partial charge < -0.3 is 10.2 Å². The molecule has 114 valence electrons. The molecule has 1 aliphatic heterocycles. The second-order valence-corrected chi connectivity index (χ2v) is 6.99. The van der Waals surface area contributed by atoms with Crippen LogP contribution < -0.4 is 5.32 Å². The number of benzene rings is 1. The van der Waals surface area contributed by atoms with Crippen LogP contribution in [0.2, 0.25) is 0 Å². The van der Waals surface area contributed by atoms with Crippen LogP contribution in [0.3, 0.4) is 0 Å². The van der Waals surface area contributed by atoms with Crippen LogP contribution in [0.1, 0.15) is 25.8 Å². The molecule has 4 nitrogen and oxygen atoms in total. The number of hydrogen-bond acceptors (Lipinski definition) is 2. The first-order valence-electron chi connectivity index (χ1n) is 7.23. The topological polar surface area (TPSA) is 49.4 Å². The van der Waals surface area contributed by atoms with Gasteiger partial charge in [-0.3, -0.25) is 9.59 Å². The van der Waals surface area contributed by atoms with Gasteiger partial charge in [0.1, 0.15) is 0 Å². The Labute approximate surface area is 134 Å². The van der Waals surface area contributed by atoms with E-state index >= 15 is 0 Å². The lowest BCUT2D eigenvalue weighted by Gasteiger charge is -2.34. The number of amides is 2. The predicted molar refractivity (Wildman–Crippen MR) is 87.0 cm³/mol. The predicted octanol–water partition coefficient (Wildman–Crippen LogP) is 3.20. The number of aryl methyl sites for hydroxylation is 1. The first-order valence-corrected chi connectivity index (χ1v) is 8.02. The highest BCUT2D eigenvalue weighted by atomic mass is 79.9. The van der Waals surface area contributed by atoms with Gasteiger partial charge in [0.2, 0.25) is 0 Å². The largest absolute Gasteiger partial charge is 0.334 e. The smallest absolute Gasteiger partial charge is 0.313 e. The molecule has 1 heterocycles. The van der Waals surface area contributed by atoms with E-state index in [1.165, 1.54) is 0 Å². The molecule has 2 atom stereocenters. The lowest BCUT2D eigenvalue weighted by atomic mass is 9.92. The van der Waals surface area contributed by atoms with Gasteiger partial charge in [0.25, 0.3) is 0 Å². The third-order valence-corrected chi connectivity index (χ3v) is 4.28. The van der Waals surface area contributed by atoms with Gasteiger partial charge in [-0.2, -0.15) is 0 Å². The Morgan fingerprint density at radius 3 is 2.43 bits per heavy atom. The number of likely N-dealkylation sites (tertiary alicyclic amines) is 1. The van der Waals surface area contributed by atoms with Gasteiger partial charge in [0, 0.05) is 23.2 Å². The van der Waals surface area contributed by atoms with Crippen LogP contribution in [-0.4, -0.2) is 29.8 Å². The van der Waals surface area contributed by atoms with Crippen molar-refractivity contribution in [2.45, 2.75) is 27.2 Å². The molecule has 2 rings (SSSR count). The third kappa shape index (κ3) is 4.06. The highest BCUT2D eigenvalue weighted by Crippen LogP contribution is 2.22. The minimum Gasteiger partial charge on any atom is -0.334 e. The SMILES string of the molecule is Cc1cc(Br)ccc1NC(=O)C(=O)N1CC(C)CC(C)C1. The molecule has 1 N–H and O–H groups in total. The maximum Gasteiger partial charge on any atom is 0.313 e. The normalized spacial score (nSPS) is 22.0. The van der Waals surface area contributed by atoms with Gasteiger partial charge in [0.15, 0.2) is 0 Å². The summed E-state index contributed by atoms with van der Waals surface area (Å²) >= 11 is 3.38. The van der Waals surface area contributed by atoms with E-state index in [9.17, 15) is 9.59 Å². The maximum absolute atomic E-state index is 12.3. The zero-order chi connectivity index (χ0) is 15.6. The molecule has 2 unspecified atom stereocenters. The summed E-state index contributed by atoms with van der Waals surface area (Å²) in [4.78, 5) is 26.1. The molecule has 21 heavy (non-hydrogen) atoms. The summed E-state index contributed by atoms with van der Waals surface area (Å²) in [7, 11) is 0. The molecule has 1 aliphatic rings. The van der Waals surface area contributed by atoms with E-state index in [2.05, 4.69) is 35.1 Å². The fourth-order valence-electron chi connectivity index (χ4n) is 2.92. The number of rotatable bonds is 1. The van der Waals surface area contributed by atoms with Crippen LogP contribution in [0.5, 0.6) is 0 Å². The van der Waals surface area contributed by atoms with Crippen molar-refractivity contribution in [3.63, 3.8) is 0 Å². The van der Waals surface area contributed by atoms with Crippen molar-refractivity contribution < 1.29 is 9.59 Å². The Hall–Kier alpha value is -1.36. The van der Waals surface area contributed by atoms with E-state index in [0.717, 1.165) is 16.5 Å². The first-order chi connectivity index (χ1) is 9.86. The van der Waals surface area contributed by atoms with E-state index in [1.807, 2.05) is 19.1 Å². The fraction of sp³-hybridized carbons (Fsp3) is 0.500. The quantitative estimate of drug-likeness (QED) is 0.789. The van der Waals surface area contributed by atoms with E-state index < -0.39 is 11.8 Å². The average Bonchev–Trinajstić information content (AvgIpc) is 2.40. The molecular weight excluding hydrogens is 332 g/mol. The number of nitrogens with one attached hydrogen (secondary N) is 1. The van der Waals surface area contributed by atoms with Crippen LogP contribution in [0.25, 0.3) is 0 Å². The average molecular weight is 353 g/mol. The van der Waals surface area contributed by atoms with E-state index in [-0.39, 0.29) is 0 Å². The summed E-state index contributed by atoms with van der Waals surface area (Å²) in [5.74, 6) is -0.0997. The van der Waals surface area contributed by atoms with Crippen LogP contribution in [-0.2, 0) is 9.59 Å². The summed E-state index contributed by atoms with van der Waals surface area (Å²) < 4.78 is 0.947. The molecular formula is C16H21BrN2O2. The Morgan fingerprint density at radius 1 is 1.24 bits per heavy atom.